The number of thiol groups is 1. The minimum Gasteiger partial charge on any atom is -0.468 e. The highest BCUT2D eigenvalue weighted by Gasteiger charge is 2.28. The Bertz CT molecular complexity index is 395. The standard InChI is InChI=1S/C10H10ClNO3S/c1-15-10(14)8(9(13)12-16)6-3-2-4-7(11)5-6/h2-5,8,16H,1H3,(H,12,13). The van der Waals surface area contributed by atoms with E-state index in [1.807, 2.05) is 0 Å². The van der Waals surface area contributed by atoms with Gasteiger partial charge in [0.2, 0.25) is 5.91 Å². The molecule has 0 bridgehead atoms. The van der Waals surface area contributed by atoms with Gasteiger partial charge < -0.3 is 9.46 Å². The number of carbonyl (C=O) groups excluding carboxylic acids is 2. The third-order valence-corrected chi connectivity index (χ3v) is 2.45. The molecule has 1 aromatic carbocycles. The van der Waals surface area contributed by atoms with Crippen LogP contribution in [0.4, 0.5) is 0 Å². The fourth-order valence-corrected chi connectivity index (χ4v) is 1.59. The summed E-state index contributed by atoms with van der Waals surface area (Å²) in [7, 11) is 1.21. The summed E-state index contributed by atoms with van der Waals surface area (Å²) >= 11 is 9.41. The summed E-state index contributed by atoms with van der Waals surface area (Å²) in [5.41, 5.74) is 0.464. The Morgan fingerprint density at radius 2 is 2.19 bits per heavy atom. The number of rotatable bonds is 3. The van der Waals surface area contributed by atoms with Crippen molar-refractivity contribution in [3.8, 4) is 0 Å². The van der Waals surface area contributed by atoms with Gasteiger partial charge in [0.1, 0.15) is 0 Å². The summed E-state index contributed by atoms with van der Waals surface area (Å²) in [6, 6.07) is 6.46. The van der Waals surface area contributed by atoms with Gasteiger partial charge in [-0.2, -0.15) is 0 Å². The predicted octanol–water partition coefficient (Wildman–Crippen LogP) is 1.56. The largest absolute Gasteiger partial charge is 0.468 e. The van der Waals surface area contributed by atoms with Gasteiger partial charge in [-0.15, -0.1) is 0 Å². The van der Waals surface area contributed by atoms with Crippen LogP contribution in [0.5, 0.6) is 0 Å². The van der Waals surface area contributed by atoms with Gasteiger partial charge in [-0.05, 0) is 17.7 Å². The average molecular weight is 260 g/mol. The van der Waals surface area contributed by atoms with E-state index in [9.17, 15) is 9.59 Å². The average Bonchev–Trinajstić information content (AvgIpc) is 2.29. The maximum atomic E-state index is 11.5. The van der Waals surface area contributed by atoms with Crippen molar-refractivity contribution < 1.29 is 14.3 Å². The van der Waals surface area contributed by atoms with Gasteiger partial charge in [0.15, 0.2) is 5.92 Å². The Hall–Kier alpha value is -1.20. The van der Waals surface area contributed by atoms with Crippen molar-refractivity contribution in [3.63, 3.8) is 0 Å². The van der Waals surface area contributed by atoms with E-state index < -0.39 is 17.8 Å². The molecule has 0 aliphatic carbocycles. The lowest BCUT2D eigenvalue weighted by molar-refractivity contribution is -0.145. The molecule has 1 unspecified atom stereocenters. The number of halogens is 1. The second-order valence-electron chi connectivity index (χ2n) is 2.99. The van der Waals surface area contributed by atoms with E-state index in [-0.39, 0.29) is 0 Å². The number of hydrogen-bond acceptors (Lipinski definition) is 4. The van der Waals surface area contributed by atoms with E-state index in [4.69, 9.17) is 11.6 Å². The Balaban J connectivity index is 3.10. The zero-order chi connectivity index (χ0) is 12.1. The number of carbonyl (C=O) groups is 2. The third kappa shape index (κ3) is 2.90. The molecule has 6 heteroatoms. The molecule has 0 saturated carbocycles. The highest BCUT2D eigenvalue weighted by molar-refractivity contribution is 7.78. The summed E-state index contributed by atoms with van der Waals surface area (Å²) in [5, 5.41) is 0.443. The fourth-order valence-electron chi connectivity index (χ4n) is 1.26. The van der Waals surface area contributed by atoms with Crippen molar-refractivity contribution in [2.24, 2.45) is 0 Å². The number of ether oxygens (including phenoxy) is 1. The van der Waals surface area contributed by atoms with E-state index >= 15 is 0 Å². The van der Waals surface area contributed by atoms with Crippen molar-refractivity contribution in [2.45, 2.75) is 5.92 Å². The van der Waals surface area contributed by atoms with E-state index in [2.05, 4.69) is 22.3 Å². The van der Waals surface area contributed by atoms with Crippen molar-refractivity contribution >= 4 is 36.3 Å². The topological polar surface area (TPSA) is 55.4 Å². The summed E-state index contributed by atoms with van der Waals surface area (Å²) in [4.78, 5) is 23.0. The Morgan fingerprint density at radius 3 is 2.69 bits per heavy atom. The van der Waals surface area contributed by atoms with Crippen LogP contribution in [-0.2, 0) is 14.3 Å². The zero-order valence-corrected chi connectivity index (χ0v) is 10.1. The quantitative estimate of drug-likeness (QED) is 0.492. The molecule has 1 rings (SSSR count). The first-order chi connectivity index (χ1) is 7.60. The minimum absolute atomic E-state index is 0.443. The molecular weight excluding hydrogens is 250 g/mol. The van der Waals surface area contributed by atoms with Gasteiger partial charge in [-0.3, -0.25) is 9.59 Å². The van der Waals surface area contributed by atoms with E-state index in [0.717, 1.165) is 0 Å². The summed E-state index contributed by atoms with van der Waals surface area (Å²) in [6.07, 6.45) is 0. The lowest BCUT2D eigenvalue weighted by Crippen LogP contribution is -2.29. The number of nitrogens with one attached hydrogen (secondary N) is 1. The van der Waals surface area contributed by atoms with E-state index in [0.29, 0.717) is 10.6 Å². The number of amides is 1. The first-order valence-electron chi connectivity index (χ1n) is 4.37. The summed E-state index contributed by atoms with van der Waals surface area (Å²) in [5.74, 6) is -2.27. The molecule has 0 radical (unpaired) electrons. The normalized spacial score (nSPS) is 11.7. The maximum absolute atomic E-state index is 11.5. The molecule has 0 spiro atoms. The smallest absolute Gasteiger partial charge is 0.322 e. The molecule has 0 aliphatic rings. The number of esters is 1. The van der Waals surface area contributed by atoms with Crippen LogP contribution < -0.4 is 4.72 Å². The van der Waals surface area contributed by atoms with Crippen LogP contribution in [0.25, 0.3) is 0 Å². The van der Waals surface area contributed by atoms with Crippen molar-refractivity contribution in [2.75, 3.05) is 7.11 Å². The lowest BCUT2D eigenvalue weighted by atomic mass is 9.99. The second kappa shape index (κ2) is 5.77. The lowest BCUT2D eigenvalue weighted by Gasteiger charge is -2.13. The molecule has 1 amide bonds. The highest BCUT2D eigenvalue weighted by atomic mass is 35.5. The Labute approximate surface area is 103 Å². The van der Waals surface area contributed by atoms with Crippen LogP contribution in [0.15, 0.2) is 24.3 Å². The van der Waals surface area contributed by atoms with Crippen LogP contribution in [0.1, 0.15) is 11.5 Å². The molecule has 0 heterocycles. The van der Waals surface area contributed by atoms with E-state index in [1.54, 1.807) is 18.2 Å². The van der Waals surface area contributed by atoms with Gasteiger partial charge >= 0.3 is 5.97 Å². The van der Waals surface area contributed by atoms with Crippen molar-refractivity contribution in [1.82, 2.24) is 4.72 Å². The van der Waals surface area contributed by atoms with E-state index in [1.165, 1.54) is 13.2 Å². The second-order valence-corrected chi connectivity index (χ2v) is 3.65. The van der Waals surface area contributed by atoms with Gasteiger partial charge in [0.25, 0.3) is 0 Å². The molecule has 86 valence electrons. The minimum atomic E-state index is -1.05. The fraction of sp³-hybridized carbons (Fsp3) is 0.200. The number of hydrogen-bond donors (Lipinski definition) is 2. The van der Waals surface area contributed by atoms with Crippen LogP contribution in [0.3, 0.4) is 0 Å². The first kappa shape index (κ1) is 12.9. The van der Waals surface area contributed by atoms with Crippen molar-refractivity contribution in [1.29, 1.82) is 0 Å². The predicted molar refractivity (Wildman–Crippen MR) is 63.3 cm³/mol. The molecule has 1 atom stereocenters. The zero-order valence-electron chi connectivity index (χ0n) is 8.44. The van der Waals surface area contributed by atoms with Gasteiger partial charge in [0.05, 0.1) is 7.11 Å². The first-order valence-corrected chi connectivity index (χ1v) is 5.20. The third-order valence-electron chi connectivity index (χ3n) is 1.99. The maximum Gasteiger partial charge on any atom is 0.322 e. The van der Waals surface area contributed by atoms with Crippen molar-refractivity contribution in [3.05, 3.63) is 34.9 Å². The molecule has 1 N–H and O–H groups in total. The van der Waals surface area contributed by atoms with Crippen LogP contribution >= 0.6 is 24.4 Å². The molecule has 16 heavy (non-hydrogen) atoms. The molecule has 1 aromatic rings. The summed E-state index contributed by atoms with van der Waals surface area (Å²) in [6.45, 7) is 0. The molecule has 0 aromatic heterocycles. The van der Waals surface area contributed by atoms with Gasteiger partial charge in [-0.25, -0.2) is 0 Å². The Morgan fingerprint density at radius 1 is 1.50 bits per heavy atom. The number of benzene rings is 1. The van der Waals surface area contributed by atoms with Crippen LogP contribution in [0, 0.1) is 0 Å². The summed E-state index contributed by atoms with van der Waals surface area (Å²) < 4.78 is 6.66. The van der Waals surface area contributed by atoms with Gasteiger partial charge in [-0.1, -0.05) is 36.5 Å². The highest BCUT2D eigenvalue weighted by Crippen LogP contribution is 2.21. The molecule has 0 fully saturated rings. The molecule has 0 aliphatic heterocycles. The van der Waals surface area contributed by atoms with Crippen LogP contribution in [0.2, 0.25) is 5.02 Å². The SMILES string of the molecule is COC(=O)C(C(=O)NS)c1cccc(Cl)c1. The monoisotopic (exact) mass is 259 g/mol. The van der Waals surface area contributed by atoms with Crippen LogP contribution in [-0.4, -0.2) is 19.0 Å². The molecule has 4 nitrogen and oxygen atoms in total. The molecular formula is C10H10ClNO3S. The van der Waals surface area contributed by atoms with Gasteiger partial charge in [0, 0.05) is 5.02 Å². The Kier molecular flexibility index (Phi) is 4.64. The molecule has 0 saturated heterocycles. The number of methoxy groups -OCH3 is 1.